The van der Waals surface area contributed by atoms with Gasteiger partial charge >= 0.3 is 5.97 Å². The lowest BCUT2D eigenvalue weighted by Crippen LogP contribution is -2.67. The van der Waals surface area contributed by atoms with Crippen LogP contribution in [0.25, 0.3) is 0 Å². The summed E-state index contributed by atoms with van der Waals surface area (Å²) in [6.07, 6.45) is 3.28. The quantitative estimate of drug-likeness (QED) is 0.507. The predicted octanol–water partition coefficient (Wildman–Crippen LogP) is 2.43. The maximum atomic E-state index is 11.9. The summed E-state index contributed by atoms with van der Waals surface area (Å²) in [6.45, 7) is 9.86. The minimum absolute atomic E-state index is 0.0350. The molecule has 0 aromatic rings. The lowest BCUT2D eigenvalue weighted by molar-refractivity contribution is -0.247. The minimum Gasteiger partial charge on any atom is -0.457 e. The van der Waals surface area contributed by atoms with E-state index in [2.05, 4.69) is 13.5 Å². The highest BCUT2D eigenvalue weighted by Gasteiger charge is 2.71. The summed E-state index contributed by atoms with van der Waals surface area (Å²) in [5, 5.41) is 32.3. The van der Waals surface area contributed by atoms with Crippen LogP contribution in [0.4, 0.5) is 0 Å². The van der Waals surface area contributed by atoms with E-state index in [-0.39, 0.29) is 29.8 Å². The summed E-state index contributed by atoms with van der Waals surface area (Å²) >= 11 is 0. The van der Waals surface area contributed by atoms with Gasteiger partial charge in [-0.1, -0.05) is 20.4 Å². The molecule has 0 aromatic carbocycles. The van der Waals surface area contributed by atoms with Gasteiger partial charge in [-0.2, -0.15) is 0 Å². The van der Waals surface area contributed by atoms with Crippen LogP contribution in [0.2, 0.25) is 0 Å². The van der Waals surface area contributed by atoms with E-state index in [1.54, 1.807) is 0 Å². The molecule has 9 atom stereocenters. The molecule has 5 heteroatoms. The maximum Gasteiger partial charge on any atom is 0.303 e. The van der Waals surface area contributed by atoms with E-state index in [9.17, 15) is 20.1 Å². The lowest BCUT2D eigenvalue weighted by Gasteiger charge is -2.66. The lowest BCUT2D eigenvalue weighted by atomic mass is 9.39. The average molecular weight is 379 g/mol. The fourth-order valence-corrected chi connectivity index (χ4v) is 7.86. The van der Waals surface area contributed by atoms with Crippen LogP contribution < -0.4 is 0 Å². The topological polar surface area (TPSA) is 87.0 Å². The van der Waals surface area contributed by atoms with Crippen LogP contribution in [0.1, 0.15) is 59.3 Å². The SMILES string of the molecule is C=C1C2CCC3C4(C)CCC(O)C(C)(CO)C4CC(O)C3(C2)C1OC(C)=O. The minimum atomic E-state index is -0.622. The van der Waals surface area contributed by atoms with Gasteiger partial charge < -0.3 is 20.1 Å². The molecule has 4 fully saturated rings. The zero-order valence-electron chi connectivity index (χ0n) is 16.8. The molecule has 0 aromatic heterocycles. The summed E-state index contributed by atoms with van der Waals surface area (Å²) < 4.78 is 5.79. The Bertz CT molecular complexity index is 661. The number of ether oxygens (including phenoxy) is 1. The Hall–Kier alpha value is -0.910. The van der Waals surface area contributed by atoms with Crippen molar-refractivity contribution in [3.63, 3.8) is 0 Å². The van der Waals surface area contributed by atoms with Crippen molar-refractivity contribution in [3.8, 4) is 0 Å². The average Bonchev–Trinajstić information content (AvgIpc) is 2.83. The van der Waals surface area contributed by atoms with E-state index < -0.39 is 29.1 Å². The normalized spacial score (nSPS) is 54.2. The number of hydrogen-bond donors (Lipinski definition) is 3. The van der Waals surface area contributed by atoms with Gasteiger partial charge in [0.25, 0.3) is 0 Å². The molecule has 0 radical (unpaired) electrons. The Balaban J connectivity index is 1.81. The highest BCUT2D eigenvalue weighted by Crippen LogP contribution is 2.72. The largest absolute Gasteiger partial charge is 0.457 e. The van der Waals surface area contributed by atoms with Crippen molar-refractivity contribution >= 4 is 5.97 Å². The fraction of sp³-hybridized carbons (Fsp3) is 0.864. The predicted molar refractivity (Wildman–Crippen MR) is 101 cm³/mol. The molecule has 152 valence electrons. The van der Waals surface area contributed by atoms with Crippen LogP contribution in [-0.4, -0.2) is 46.2 Å². The highest BCUT2D eigenvalue weighted by molar-refractivity contribution is 5.67. The molecule has 5 nitrogen and oxygen atoms in total. The Morgan fingerprint density at radius 2 is 1.89 bits per heavy atom. The third kappa shape index (κ3) is 2.31. The van der Waals surface area contributed by atoms with E-state index in [4.69, 9.17) is 4.74 Å². The van der Waals surface area contributed by atoms with Crippen molar-refractivity contribution in [1.29, 1.82) is 0 Å². The standard InChI is InChI=1S/C22H34O5/c1-12-14-5-6-15-20(3)8-7-17(25)21(4,11-23)16(20)9-18(26)22(15,10-14)19(12)27-13(2)24/h14-19,23,25-26H,1,5-11H2,2-4H3. The summed E-state index contributed by atoms with van der Waals surface area (Å²) in [5.41, 5.74) is -0.229. The second-order valence-electron chi connectivity index (χ2n) is 10.2. The van der Waals surface area contributed by atoms with E-state index in [1.807, 2.05) is 6.92 Å². The van der Waals surface area contributed by atoms with Gasteiger partial charge in [-0.25, -0.2) is 0 Å². The van der Waals surface area contributed by atoms with Crippen LogP contribution in [-0.2, 0) is 9.53 Å². The molecule has 0 aliphatic heterocycles. The molecular weight excluding hydrogens is 344 g/mol. The molecule has 2 bridgehead atoms. The monoisotopic (exact) mass is 378 g/mol. The van der Waals surface area contributed by atoms with Gasteiger partial charge in [0.2, 0.25) is 0 Å². The van der Waals surface area contributed by atoms with Crippen molar-refractivity contribution in [2.75, 3.05) is 6.61 Å². The van der Waals surface area contributed by atoms with E-state index in [0.29, 0.717) is 18.8 Å². The molecule has 4 rings (SSSR count). The molecule has 4 aliphatic carbocycles. The molecule has 0 heterocycles. The maximum absolute atomic E-state index is 11.9. The first kappa shape index (κ1) is 19.4. The van der Waals surface area contributed by atoms with Crippen LogP contribution in [0.15, 0.2) is 12.2 Å². The second-order valence-corrected chi connectivity index (χ2v) is 10.2. The molecule has 9 unspecified atom stereocenters. The van der Waals surface area contributed by atoms with Gasteiger partial charge in [-0.15, -0.1) is 0 Å². The molecule has 1 spiro atoms. The first-order valence-electron chi connectivity index (χ1n) is 10.4. The third-order valence-electron chi connectivity index (χ3n) is 9.21. The number of carbonyl (C=O) groups is 1. The number of carbonyl (C=O) groups excluding carboxylic acids is 1. The fourth-order valence-electron chi connectivity index (χ4n) is 7.86. The van der Waals surface area contributed by atoms with E-state index in [1.165, 1.54) is 6.92 Å². The van der Waals surface area contributed by atoms with Crippen molar-refractivity contribution in [3.05, 3.63) is 12.2 Å². The molecular formula is C22H34O5. The Labute approximate surface area is 161 Å². The van der Waals surface area contributed by atoms with Crippen LogP contribution >= 0.6 is 0 Å². The summed E-state index contributed by atoms with van der Waals surface area (Å²) in [7, 11) is 0. The Kier molecular flexibility index (Phi) is 4.34. The molecule has 3 N–H and O–H groups in total. The Morgan fingerprint density at radius 3 is 2.52 bits per heavy atom. The smallest absolute Gasteiger partial charge is 0.303 e. The molecule has 0 saturated heterocycles. The number of fused-ring (bicyclic) bond motifs is 3. The molecule has 0 amide bonds. The zero-order valence-corrected chi connectivity index (χ0v) is 16.8. The van der Waals surface area contributed by atoms with Gasteiger partial charge in [0.1, 0.15) is 6.10 Å². The van der Waals surface area contributed by atoms with Gasteiger partial charge in [-0.05, 0) is 67.3 Å². The van der Waals surface area contributed by atoms with Crippen molar-refractivity contribution in [2.24, 2.45) is 34.0 Å². The van der Waals surface area contributed by atoms with Gasteiger partial charge in [0.05, 0.1) is 18.8 Å². The van der Waals surface area contributed by atoms with Crippen molar-refractivity contribution in [2.45, 2.75) is 77.6 Å². The number of aliphatic hydroxyl groups is 3. The molecule has 27 heavy (non-hydrogen) atoms. The number of esters is 1. The van der Waals surface area contributed by atoms with Crippen molar-refractivity contribution in [1.82, 2.24) is 0 Å². The van der Waals surface area contributed by atoms with Gasteiger partial charge in [0.15, 0.2) is 0 Å². The van der Waals surface area contributed by atoms with Crippen LogP contribution in [0.5, 0.6) is 0 Å². The zero-order chi connectivity index (χ0) is 19.8. The van der Waals surface area contributed by atoms with Gasteiger partial charge in [-0.3, -0.25) is 4.79 Å². The molecule has 4 saturated carbocycles. The van der Waals surface area contributed by atoms with E-state index >= 15 is 0 Å². The molecule has 4 aliphatic rings. The summed E-state index contributed by atoms with van der Waals surface area (Å²) in [4.78, 5) is 11.9. The number of rotatable bonds is 2. The van der Waals surface area contributed by atoms with Crippen LogP contribution in [0, 0.1) is 34.0 Å². The first-order valence-corrected chi connectivity index (χ1v) is 10.4. The first-order chi connectivity index (χ1) is 12.6. The number of aliphatic hydroxyl groups excluding tert-OH is 3. The number of hydrogen-bond acceptors (Lipinski definition) is 5. The third-order valence-corrected chi connectivity index (χ3v) is 9.21. The summed E-state index contributed by atoms with van der Waals surface area (Å²) in [6, 6.07) is 0. The van der Waals surface area contributed by atoms with Crippen LogP contribution in [0.3, 0.4) is 0 Å². The summed E-state index contributed by atoms with van der Waals surface area (Å²) in [5.74, 6) is 0.212. The Morgan fingerprint density at radius 1 is 1.19 bits per heavy atom. The second kappa shape index (κ2) is 6.04. The van der Waals surface area contributed by atoms with Crippen molar-refractivity contribution < 1.29 is 24.9 Å². The van der Waals surface area contributed by atoms with Gasteiger partial charge in [0, 0.05) is 17.8 Å². The highest BCUT2D eigenvalue weighted by atomic mass is 16.5. The van der Waals surface area contributed by atoms with E-state index in [0.717, 1.165) is 31.3 Å².